The predicted octanol–water partition coefficient (Wildman–Crippen LogP) is 3.64. The second-order valence-corrected chi connectivity index (χ2v) is 7.36. The third-order valence-corrected chi connectivity index (χ3v) is 5.51. The van der Waals surface area contributed by atoms with E-state index in [4.69, 9.17) is 13.9 Å². The topological polar surface area (TPSA) is 94.5 Å². The molecule has 0 bridgehead atoms. The van der Waals surface area contributed by atoms with E-state index in [1.165, 1.54) is 0 Å². The lowest BCUT2D eigenvalue weighted by molar-refractivity contribution is 0.0719. The number of carbonyl (C=O) groups is 1. The number of hydrogen-bond acceptors (Lipinski definition) is 8. The molecular formula is C19H20N4O4S. The van der Waals surface area contributed by atoms with Gasteiger partial charge in [-0.3, -0.25) is 4.79 Å². The summed E-state index contributed by atoms with van der Waals surface area (Å²) < 4.78 is 15.9. The van der Waals surface area contributed by atoms with Crippen LogP contribution >= 0.6 is 11.8 Å². The van der Waals surface area contributed by atoms with E-state index >= 15 is 0 Å². The Hall–Kier alpha value is -2.81. The van der Waals surface area contributed by atoms with Crippen LogP contribution in [0.15, 0.2) is 44.4 Å². The van der Waals surface area contributed by atoms with E-state index in [2.05, 4.69) is 15.5 Å². The summed E-state index contributed by atoms with van der Waals surface area (Å²) in [5.74, 6) is 1.08. The molecule has 0 unspecified atom stereocenters. The van der Waals surface area contributed by atoms with E-state index in [9.17, 15) is 4.79 Å². The predicted molar refractivity (Wildman–Crippen MR) is 101 cm³/mol. The van der Waals surface area contributed by atoms with Gasteiger partial charge in [0, 0.05) is 17.5 Å². The van der Waals surface area contributed by atoms with Gasteiger partial charge in [0.15, 0.2) is 11.5 Å². The standard InChI is InChI=1S/C19H20N4O4S/c1-12-18(22-27-20-12)15-6-5-9-23(15)19(24)14-10-13(26-21-14)11-25-16-7-3-4-8-17(16)28-2/h3-4,7-8,10,15H,5-6,9,11H2,1-2H3/t15-/m1/s1. The molecule has 0 spiro atoms. The highest BCUT2D eigenvalue weighted by Gasteiger charge is 2.35. The van der Waals surface area contributed by atoms with Crippen LogP contribution in [-0.2, 0) is 6.61 Å². The Morgan fingerprint density at radius 3 is 2.96 bits per heavy atom. The molecule has 1 amide bonds. The second-order valence-electron chi connectivity index (χ2n) is 6.51. The van der Waals surface area contributed by atoms with Crippen molar-refractivity contribution in [3.05, 3.63) is 53.2 Å². The van der Waals surface area contributed by atoms with Crippen LogP contribution in [-0.4, -0.2) is 39.1 Å². The Morgan fingerprint density at radius 2 is 2.18 bits per heavy atom. The van der Waals surface area contributed by atoms with Crippen molar-refractivity contribution < 1.29 is 18.7 Å². The maximum Gasteiger partial charge on any atom is 0.276 e. The SMILES string of the molecule is CSc1ccccc1OCc1cc(C(=O)N2CCC[C@@H]2c2nonc2C)no1. The number of hydrogen-bond donors (Lipinski definition) is 0. The number of para-hydroxylation sites is 1. The van der Waals surface area contributed by atoms with Gasteiger partial charge in [-0.2, -0.15) is 0 Å². The number of ether oxygens (including phenoxy) is 1. The minimum Gasteiger partial charge on any atom is -0.484 e. The minimum atomic E-state index is -0.190. The fourth-order valence-electron chi connectivity index (χ4n) is 3.35. The van der Waals surface area contributed by atoms with Crippen LogP contribution in [0.1, 0.15) is 46.5 Å². The van der Waals surface area contributed by atoms with Crippen LogP contribution in [0.3, 0.4) is 0 Å². The first-order valence-electron chi connectivity index (χ1n) is 8.99. The van der Waals surface area contributed by atoms with Crippen LogP contribution < -0.4 is 4.74 Å². The van der Waals surface area contributed by atoms with Gasteiger partial charge >= 0.3 is 0 Å². The molecule has 0 saturated carbocycles. The maximum atomic E-state index is 12.9. The first-order valence-corrected chi connectivity index (χ1v) is 10.2. The number of benzene rings is 1. The number of aromatic nitrogens is 3. The Morgan fingerprint density at radius 1 is 1.32 bits per heavy atom. The molecule has 0 N–H and O–H groups in total. The third kappa shape index (κ3) is 3.62. The van der Waals surface area contributed by atoms with E-state index in [-0.39, 0.29) is 24.2 Å². The third-order valence-electron chi connectivity index (χ3n) is 4.73. The molecule has 9 heteroatoms. The number of likely N-dealkylation sites (tertiary alicyclic amines) is 1. The zero-order chi connectivity index (χ0) is 19.5. The molecule has 4 rings (SSSR count). The summed E-state index contributed by atoms with van der Waals surface area (Å²) in [6.07, 6.45) is 3.70. The lowest BCUT2D eigenvalue weighted by Gasteiger charge is -2.21. The summed E-state index contributed by atoms with van der Waals surface area (Å²) in [5, 5.41) is 11.7. The monoisotopic (exact) mass is 400 g/mol. The highest BCUT2D eigenvalue weighted by molar-refractivity contribution is 7.98. The first kappa shape index (κ1) is 18.5. The van der Waals surface area contributed by atoms with Crippen LogP contribution in [0.2, 0.25) is 0 Å². The molecule has 0 aliphatic carbocycles. The van der Waals surface area contributed by atoms with Gasteiger partial charge in [0.1, 0.15) is 23.7 Å². The first-order chi connectivity index (χ1) is 13.7. The van der Waals surface area contributed by atoms with E-state index in [1.807, 2.05) is 37.4 Å². The van der Waals surface area contributed by atoms with Gasteiger partial charge in [-0.25, -0.2) is 4.63 Å². The van der Waals surface area contributed by atoms with Gasteiger partial charge < -0.3 is 14.2 Å². The van der Waals surface area contributed by atoms with Gasteiger partial charge in [0.2, 0.25) is 0 Å². The molecule has 1 saturated heterocycles. The molecule has 1 aromatic carbocycles. The van der Waals surface area contributed by atoms with Gasteiger partial charge in [-0.15, -0.1) is 11.8 Å². The fourth-order valence-corrected chi connectivity index (χ4v) is 3.89. The number of nitrogens with zero attached hydrogens (tertiary/aromatic N) is 4. The maximum absolute atomic E-state index is 12.9. The molecular weight excluding hydrogens is 380 g/mol. The number of rotatable bonds is 6. The molecule has 28 heavy (non-hydrogen) atoms. The molecule has 2 aromatic heterocycles. The summed E-state index contributed by atoms with van der Waals surface area (Å²) in [6.45, 7) is 2.66. The molecule has 1 atom stereocenters. The Balaban J connectivity index is 1.45. The quantitative estimate of drug-likeness (QED) is 0.579. The van der Waals surface area contributed by atoms with Crippen molar-refractivity contribution >= 4 is 17.7 Å². The van der Waals surface area contributed by atoms with E-state index in [1.54, 1.807) is 22.7 Å². The summed E-state index contributed by atoms with van der Waals surface area (Å²) in [5.41, 5.74) is 1.66. The Labute approximate surface area is 166 Å². The smallest absolute Gasteiger partial charge is 0.276 e. The molecule has 1 fully saturated rings. The Bertz CT molecular complexity index is 970. The van der Waals surface area contributed by atoms with E-state index in [0.29, 0.717) is 23.7 Å². The number of thioether (sulfide) groups is 1. The van der Waals surface area contributed by atoms with Gasteiger partial charge in [0.05, 0.1) is 6.04 Å². The summed E-state index contributed by atoms with van der Waals surface area (Å²) in [7, 11) is 0. The highest BCUT2D eigenvalue weighted by Crippen LogP contribution is 2.33. The normalized spacial score (nSPS) is 16.5. The lowest BCUT2D eigenvalue weighted by Crippen LogP contribution is -2.31. The molecule has 146 valence electrons. The number of carbonyl (C=O) groups excluding carboxylic acids is 1. The zero-order valence-corrected chi connectivity index (χ0v) is 16.4. The highest BCUT2D eigenvalue weighted by atomic mass is 32.2. The van der Waals surface area contributed by atoms with E-state index < -0.39 is 0 Å². The van der Waals surface area contributed by atoms with Crippen molar-refractivity contribution in [3.63, 3.8) is 0 Å². The van der Waals surface area contributed by atoms with Crippen molar-refractivity contribution in [1.29, 1.82) is 0 Å². The molecule has 8 nitrogen and oxygen atoms in total. The van der Waals surface area contributed by atoms with Crippen molar-refractivity contribution in [2.75, 3.05) is 12.8 Å². The van der Waals surface area contributed by atoms with Gasteiger partial charge in [-0.05, 0) is 38.2 Å². The zero-order valence-electron chi connectivity index (χ0n) is 15.6. The van der Waals surface area contributed by atoms with Crippen molar-refractivity contribution in [2.24, 2.45) is 0 Å². The van der Waals surface area contributed by atoms with Gasteiger partial charge in [-0.1, -0.05) is 27.6 Å². The summed E-state index contributed by atoms with van der Waals surface area (Å²) in [4.78, 5) is 15.7. The van der Waals surface area contributed by atoms with Crippen LogP contribution in [0.5, 0.6) is 5.75 Å². The number of amides is 1. The minimum absolute atomic E-state index is 0.149. The molecule has 1 aliphatic heterocycles. The molecule has 1 aliphatic rings. The average molecular weight is 400 g/mol. The molecule has 3 heterocycles. The largest absolute Gasteiger partial charge is 0.484 e. The summed E-state index contributed by atoms with van der Waals surface area (Å²) >= 11 is 1.61. The molecule has 0 radical (unpaired) electrons. The van der Waals surface area contributed by atoms with Crippen LogP contribution in [0.25, 0.3) is 0 Å². The average Bonchev–Trinajstić information content (AvgIpc) is 3.46. The van der Waals surface area contributed by atoms with Crippen molar-refractivity contribution in [3.8, 4) is 5.75 Å². The van der Waals surface area contributed by atoms with Crippen LogP contribution in [0, 0.1) is 6.92 Å². The lowest BCUT2D eigenvalue weighted by atomic mass is 10.1. The van der Waals surface area contributed by atoms with E-state index in [0.717, 1.165) is 23.5 Å². The Kier molecular flexibility index (Phi) is 5.34. The number of aryl methyl sites for hydroxylation is 1. The van der Waals surface area contributed by atoms with Crippen LogP contribution in [0.4, 0.5) is 0 Å². The van der Waals surface area contributed by atoms with Gasteiger partial charge in [0.25, 0.3) is 5.91 Å². The van der Waals surface area contributed by atoms with Crippen molar-refractivity contribution in [1.82, 2.24) is 20.4 Å². The van der Waals surface area contributed by atoms with Crippen molar-refractivity contribution in [2.45, 2.75) is 37.3 Å². The summed E-state index contributed by atoms with van der Waals surface area (Å²) in [6, 6.07) is 9.25. The second kappa shape index (κ2) is 8.05. The fraction of sp³-hybridized carbons (Fsp3) is 0.368. The molecule has 3 aromatic rings.